The van der Waals surface area contributed by atoms with Crippen LogP contribution in [-0.2, 0) is 0 Å². The van der Waals surface area contributed by atoms with Gasteiger partial charge in [0.15, 0.2) is 5.82 Å². The molecule has 0 fully saturated rings. The van der Waals surface area contributed by atoms with E-state index in [0.29, 0.717) is 5.92 Å². The van der Waals surface area contributed by atoms with Crippen LogP contribution >= 0.6 is 11.3 Å². The van der Waals surface area contributed by atoms with Crippen molar-refractivity contribution in [2.75, 3.05) is 11.9 Å². The molecule has 3 heterocycles. The summed E-state index contributed by atoms with van der Waals surface area (Å²) in [6.07, 6.45) is 0. The second-order valence-corrected chi connectivity index (χ2v) is 5.39. The molecule has 0 spiro atoms. The van der Waals surface area contributed by atoms with Gasteiger partial charge < -0.3 is 5.32 Å². The van der Waals surface area contributed by atoms with Gasteiger partial charge in [0, 0.05) is 12.2 Å². The number of hydrogen-bond acceptors (Lipinski definition) is 5. The molecule has 5 nitrogen and oxygen atoms in total. The van der Waals surface area contributed by atoms with Crippen molar-refractivity contribution in [1.29, 1.82) is 0 Å². The number of rotatable bonds is 1. The summed E-state index contributed by atoms with van der Waals surface area (Å²) >= 11 is 1.62. The first kappa shape index (κ1) is 10.0. The van der Waals surface area contributed by atoms with Crippen LogP contribution in [0, 0.1) is 6.92 Å². The Labute approximate surface area is 107 Å². The minimum atomic E-state index is 0.326. The van der Waals surface area contributed by atoms with Gasteiger partial charge in [-0.05, 0) is 18.6 Å². The number of nitrogens with one attached hydrogen (secondary N) is 1. The molecular formula is C12H11N5S. The van der Waals surface area contributed by atoms with Crippen LogP contribution in [0.15, 0.2) is 24.3 Å². The van der Waals surface area contributed by atoms with Crippen LogP contribution in [-0.4, -0.2) is 26.4 Å². The first-order chi connectivity index (χ1) is 8.83. The Morgan fingerprint density at radius 3 is 3.11 bits per heavy atom. The van der Waals surface area contributed by atoms with Crippen molar-refractivity contribution in [3.8, 4) is 0 Å². The Morgan fingerprint density at radius 2 is 2.22 bits per heavy atom. The van der Waals surface area contributed by atoms with E-state index in [0.717, 1.165) is 22.3 Å². The second kappa shape index (κ2) is 3.52. The number of nitrogens with zero attached hydrogens (tertiary/aromatic N) is 4. The molecule has 3 aromatic rings. The lowest BCUT2D eigenvalue weighted by Gasteiger charge is -2.04. The predicted molar refractivity (Wildman–Crippen MR) is 70.2 cm³/mol. The van der Waals surface area contributed by atoms with Crippen LogP contribution in [0.1, 0.15) is 22.3 Å². The fourth-order valence-electron chi connectivity index (χ4n) is 2.37. The van der Waals surface area contributed by atoms with Gasteiger partial charge in [-0.15, -0.1) is 10.2 Å². The molecule has 1 N–H and O–H groups in total. The summed E-state index contributed by atoms with van der Waals surface area (Å²) in [6, 6.07) is 8.40. The quantitative estimate of drug-likeness (QED) is 0.725. The smallest absolute Gasteiger partial charge is 0.234 e. The number of fused-ring (bicyclic) bond motifs is 2. The number of para-hydroxylation sites is 1. The third kappa shape index (κ3) is 1.29. The van der Waals surface area contributed by atoms with Gasteiger partial charge in [-0.2, -0.15) is 9.61 Å². The maximum absolute atomic E-state index is 4.62. The fraction of sp³-hybridized carbons (Fsp3) is 0.250. The lowest BCUT2D eigenvalue weighted by molar-refractivity contribution is 0.806. The molecule has 6 heteroatoms. The molecule has 1 aromatic carbocycles. The SMILES string of the molecule is Cc1nnc2sc(C3CNc4ccccc43)nn12. The van der Waals surface area contributed by atoms with E-state index in [1.807, 2.05) is 11.4 Å². The van der Waals surface area contributed by atoms with Crippen LogP contribution in [0.5, 0.6) is 0 Å². The molecule has 2 aromatic heterocycles. The second-order valence-electron chi connectivity index (χ2n) is 4.40. The van der Waals surface area contributed by atoms with Crippen molar-refractivity contribution in [2.24, 2.45) is 0 Å². The van der Waals surface area contributed by atoms with Crippen molar-refractivity contribution < 1.29 is 0 Å². The first-order valence-corrected chi connectivity index (χ1v) is 6.66. The summed E-state index contributed by atoms with van der Waals surface area (Å²) in [6.45, 7) is 2.83. The molecule has 1 unspecified atom stereocenters. The van der Waals surface area contributed by atoms with E-state index in [9.17, 15) is 0 Å². The average Bonchev–Trinajstić information content (AvgIpc) is 3.05. The average molecular weight is 257 g/mol. The summed E-state index contributed by atoms with van der Waals surface area (Å²) in [5.74, 6) is 1.17. The summed E-state index contributed by atoms with van der Waals surface area (Å²) in [5, 5.41) is 17.3. The fourth-order valence-corrected chi connectivity index (χ4v) is 3.38. The highest BCUT2D eigenvalue weighted by Gasteiger charge is 2.27. The third-order valence-electron chi connectivity index (χ3n) is 3.29. The molecule has 90 valence electrons. The molecule has 1 aliphatic rings. The Bertz CT molecular complexity index is 729. The maximum Gasteiger partial charge on any atom is 0.234 e. The van der Waals surface area contributed by atoms with Gasteiger partial charge in [-0.3, -0.25) is 0 Å². The molecule has 0 amide bonds. The molecule has 0 bridgehead atoms. The zero-order chi connectivity index (χ0) is 12.1. The molecule has 0 aliphatic carbocycles. The van der Waals surface area contributed by atoms with Gasteiger partial charge in [0.2, 0.25) is 4.96 Å². The van der Waals surface area contributed by atoms with Crippen molar-refractivity contribution in [3.05, 3.63) is 40.7 Å². The van der Waals surface area contributed by atoms with Crippen LogP contribution in [0.4, 0.5) is 5.69 Å². The van der Waals surface area contributed by atoms with Crippen LogP contribution < -0.4 is 5.32 Å². The van der Waals surface area contributed by atoms with E-state index in [1.165, 1.54) is 11.3 Å². The minimum absolute atomic E-state index is 0.326. The molecular weight excluding hydrogens is 246 g/mol. The van der Waals surface area contributed by atoms with Crippen molar-refractivity contribution in [2.45, 2.75) is 12.8 Å². The number of aromatic nitrogens is 4. The standard InChI is InChI=1S/C12H11N5S/c1-7-14-15-12-17(7)16-11(18-12)9-6-13-10-5-3-2-4-8(9)10/h2-5,9,13H,6H2,1H3. The van der Waals surface area contributed by atoms with Gasteiger partial charge in [-0.1, -0.05) is 29.5 Å². The molecule has 1 atom stereocenters. The Morgan fingerprint density at radius 1 is 1.33 bits per heavy atom. The van der Waals surface area contributed by atoms with Crippen LogP contribution in [0.2, 0.25) is 0 Å². The van der Waals surface area contributed by atoms with Gasteiger partial charge >= 0.3 is 0 Å². The Balaban J connectivity index is 1.84. The lowest BCUT2D eigenvalue weighted by Crippen LogP contribution is -2.04. The van der Waals surface area contributed by atoms with Gasteiger partial charge in [0.05, 0.1) is 5.92 Å². The van der Waals surface area contributed by atoms with E-state index < -0.39 is 0 Å². The van der Waals surface area contributed by atoms with Crippen LogP contribution in [0.25, 0.3) is 4.96 Å². The van der Waals surface area contributed by atoms with Crippen molar-refractivity contribution in [3.63, 3.8) is 0 Å². The highest BCUT2D eigenvalue weighted by Crippen LogP contribution is 2.37. The molecule has 1 aliphatic heterocycles. The van der Waals surface area contributed by atoms with E-state index in [1.54, 1.807) is 11.3 Å². The zero-order valence-corrected chi connectivity index (χ0v) is 10.6. The zero-order valence-electron chi connectivity index (χ0n) is 9.79. The van der Waals surface area contributed by atoms with Gasteiger partial charge in [-0.25, -0.2) is 0 Å². The van der Waals surface area contributed by atoms with E-state index in [2.05, 4.69) is 44.9 Å². The van der Waals surface area contributed by atoms with E-state index in [4.69, 9.17) is 0 Å². The van der Waals surface area contributed by atoms with E-state index in [-0.39, 0.29) is 0 Å². The number of hydrogen-bond donors (Lipinski definition) is 1. The molecule has 0 saturated heterocycles. The lowest BCUT2D eigenvalue weighted by atomic mass is 10.0. The molecule has 0 saturated carbocycles. The minimum Gasteiger partial charge on any atom is -0.384 e. The number of benzene rings is 1. The maximum atomic E-state index is 4.62. The molecule has 18 heavy (non-hydrogen) atoms. The monoisotopic (exact) mass is 257 g/mol. The number of anilines is 1. The summed E-state index contributed by atoms with van der Waals surface area (Å²) < 4.78 is 1.82. The summed E-state index contributed by atoms with van der Waals surface area (Å²) in [5.41, 5.74) is 2.53. The topological polar surface area (TPSA) is 55.1 Å². The predicted octanol–water partition coefficient (Wildman–Crippen LogP) is 2.05. The largest absolute Gasteiger partial charge is 0.384 e. The number of aryl methyl sites for hydroxylation is 1. The van der Waals surface area contributed by atoms with E-state index >= 15 is 0 Å². The molecule has 4 rings (SSSR count). The van der Waals surface area contributed by atoms with Crippen molar-refractivity contribution >= 4 is 22.0 Å². The molecule has 0 radical (unpaired) electrons. The Kier molecular flexibility index (Phi) is 1.96. The normalized spacial score (nSPS) is 17.9. The first-order valence-electron chi connectivity index (χ1n) is 5.84. The third-order valence-corrected chi connectivity index (χ3v) is 4.31. The van der Waals surface area contributed by atoms with Gasteiger partial charge in [0.25, 0.3) is 0 Å². The van der Waals surface area contributed by atoms with Crippen molar-refractivity contribution in [1.82, 2.24) is 19.8 Å². The van der Waals surface area contributed by atoms with Crippen LogP contribution in [0.3, 0.4) is 0 Å². The van der Waals surface area contributed by atoms with Gasteiger partial charge in [0.1, 0.15) is 5.01 Å². The highest BCUT2D eigenvalue weighted by molar-refractivity contribution is 7.16. The summed E-state index contributed by atoms with van der Waals surface area (Å²) in [7, 11) is 0. The Hall–Kier alpha value is -1.95. The summed E-state index contributed by atoms with van der Waals surface area (Å²) in [4.78, 5) is 0.867. The highest BCUT2D eigenvalue weighted by atomic mass is 32.1.